The summed E-state index contributed by atoms with van der Waals surface area (Å²) in [5.74, 6) is -0.596. The van der Waals surface area contributed by atoms with Crippen LogP contribution in [0.2, 0.25) is 0 Å². The molecule has 0 unspecified atom stereocenters. The Morgan fingerprint density at radius 3 is 2.63 bits per heavy atom. The molecule has 1 aliphatic rings. The third-order valence-electron chi connectivity index (χ3n) is 4.72. The van der Waals surface area contributed by atoms with Crippen LogP contribution in [0.5, 0.6) is 0 Å². The number of amides is 1. The number of carbonyl (C=O) groups is 2. The molecule has 0 radical (unpaired) electrons. The Morgan fingerprint density at radius 2 is 1.96 bits per heavy atom. The molecular weight excluding hydrogens is 364 g/mol. The van der Waals surface area contributed by atoms with Gasteiger partial charge in [0.15, 0.2) is 0 Å². The van der Waals surface area contributed by atoms with Gasteiger partial charge in [0, 0.05) is 24.0 Å². The molecule has 1 fully saturated rings. The number of hydrogen-bond acceptors (Lipinski definition) is 6. The van der Waals surface area contributed by atoms with Crippen LogP contribution in [-0.2, 0) is 14.3 Å². The molecule has 27 heavy (non-hydrogen) atoms. The normalized spacial score (nSPS) is 14.8. The van der Waals surface area contributed by atoms with Gasteiger partial charge in [-0.25, -0.2) is 4.79 Å². The molecule has 0 saturated carbocycles. The minimum Gasteiger partial charge on any atom is -0.465 e. The molecular formula is C20H24N2O4S. The fourth-order valence-electron chi connectivity index (χ4n) is 3.00. The number of anilines is 1. The molecule has 1 amide bonds. The molecule has 0 bridgehead atoms. The van der Waals surface area contributed by atoms with Gasteiger partial charge in [0.05, 0.1) is 26.9 Å². The summed E-state index contributed by atoms with van der Waals surface area (Å²) < 4.78 is 10.3. The number of ether oxygens (including phenoxy) is 2. The molecule has 0 aliphatic carbocycles. The molecule has 1 N–H and O–H groups in total. The Labute approximate surface area is 163 Å². The van der Waals surface area contributed by atoms with E-state index in [2.05, 4.69) is 5.32 Å². The number of nitrogens with zero attached hydrogens (tertiary/aromatic N) is 1. The average molecular weight is 388 g/mol. The summed E-state index contributed by atoms with van der Waals surface area (Å²) in [6.45, 7) is 7.10. The van der Waals surface area contributed by atoms with Crippen molar-refractivity contribution in [3.63, 3.8) is 0 Å². The minimum atomic E-state index is -0.453. The number of thiophene rings is 1. The van der Waals surface area contributed by atoms with Gasteiger partial charge in [-0.1, -0.05) is 18.2 Å². The highest BCUT2D eigenvalue weighted by Crippen LogP contribution is 2.36. The van der Waals surface area contributed by atoms with Crippen LogP contribution in [0, 0.1) is 13.8 Å². The fourth-order valence-corrected chi connectivity index (χ4v) is 3.98. The first-order valence-corrected chi connectivity index (χ1v) is 9.75. The lowest BCUT2D eigenvalue weighted by Gasteiger charge is -2.25. The van der Waals surface area contributed by atoms with Crippen LogP contribution in [0.15, 0.2) is 23.6 Å². The van der Waals surface area contributed by atoms with Gasteiger partial charge >= 0.3 is 5.97 Å². The van der Waals surface area contributed by atoms with Gasteiger partial charge in [-0.3, -0.25) is 9.69 Å². The Kier molecular flexibility index (Phi) is 6.26. The number of carbonyl (C=O) groups excluding carboxylic acids is 2. The van der Waals surface area contributed by atoms with Gasteiger partial charge in [0.1, 0.15) is 10.6 Å². The van der Waals surface area contributed by atoms with Crippen LogP contribution < -0.4 is 5.32 Å². The molecule has 0 atom stereocenters. The van der Waals surface area contributed by atoms with Gasteiger partial charge < -0.3 is 14.8 Å². The van der Waals surface area contributed by atoms with Crippen molar-refractivity contribution < 1.29 is 19.1 Å². The number of morpholine rings is 1. The second-order valence-electron chi connectivity index (χ2n) is 6.58. The van der Waals surface area contributed by atoms with Crippen molar-refractivity contribution in [3.8, 4) is 11.1 Å². The topological polar surface area (TPSA) is 67.9 Å². The second-order valence-corrected chi connectivity index (χ2v) is 7.46. The van der Waals surface area contributed by atoms with E-state index in [1.165, 1.54) is 24.0 Å². The van der Waals surface area contributed by atoms with E-state index in [0.29, 0.717) is 23.8 Å². The summed E-state index contributed by atoms with van der Waals surface area (Å²) in [5.41, 5.74) is 4.45. The zero-order valence-corrected chi connectivity index (χ0v) is 16.6. The second kappa shape index (κ2) is 8.65. The number of nitrogens with one attached hydrogen (secondary N) is 1. The molecule has 0 spiro atoms. The number of rotatable bonds is 5. The van der Waals surface area contributed by atoms with E-state index in [1.807, 2.05) is 42.3 Å². The van der Waals surface area contributed by atoms with Crippen molar-refractivity contribution in [3.05, 3.63) is 40.3 Å². The van der Waals surface area contributed by atoms with E-state index < -0.39 is 5.97 Å². The zero-order chi connectivity index (χ0) is 19.4. The maximum Gasteiger partial charge on any atom is 0.341 e. The van der Waals surface area contributed by atoms with Crippen molar-refractivity contribution in [1.82, 2.24) is 4.90 Å². The molecule has 1 saturated heterocycles. The monoisotopic (exact) mass is 388 g/mol. The lowest BCUT2D eigenvalue weighted by atomic mass is 9.99. The first kappa shape index (κ1) is 19.5. The molecule has 144 valence electrons. The van der Waals surface area contributed by atoms with Crippen LogP contribution in [0.1, 0.15) is 21.5 Å². The largest absolute Gasteiger partial charge is 0.465 e. The van der Waals surface area contributed by atoms with Gasteiger partial charge in [0.2, 0.25) is 5.91 Å². The fraction of sp³-hybridized carbons (Fsp3) is 0.400. The zero-order valence-electron chi connectivity index (χ0n) is 15.8. The van der Waals surface area contributed by atoms with Crippen LogP contribution in [0.25, 0.3) is 11.1 Å². The Morgan fingerprint density at radius 1 is 1.22 bits per heavy atom. The molecule has 6 nitrogen and oxygen atoms in total. The minimum absolute atomic E-state index is 0.143. The first-order chi connectivity index (χ1) is 13.0. The van der Waals surface area contributed by atoms with Crippen molar-refractivity contribution in [2.45, 2.75) is 13.8 Å². The van der Waals surface area contributed by atoms with E-state index in [-0.39, 0.29) is 12.5 Å². The summed E-state index contributed by atoms with van der Waals surface area (Å²) >= 11 is 1.34. The number of aryl methyl sites for hydroxylation is 2. The SMILES string of the molecule is COC(=O)c1c(-c2ccc(C)c(C)c2)csc1NC(=O)CN1CCOCC1. The summed E-state index contributed by atoms with van der Waals surface area (Å²) in [5, 5.41) is 5.30. The van der Waals surface area contributed by atoms with Gasteiger partial charge in [0.25, 0.3) is 0 Å². The van der Waals surface area contributed by atoms with Crippen LogP contribution in [-0.4, -0.2) is 56.7 Å². The molecule has 2 aromatic rings. The van der Waals surface area contributed by atoms with E-state index in [0.717, 1.165) is 29.8 Å². The highest BCUT2D eigenvalue weighted by atomic mass is 32.1. The molecule has 1 aromatic carbocycles. The number of hydrogen-bond donors (Lipinski definition) is 1. The average Bonchev–Trinajstić information content (AvgIpc) is 3.07. The van der Waals surface area contributed by atoms with E-state index in [9.17, 15) is 9.59 Å². The summed E-state index contributed by atoms with van der Waals surface area (Å²) in [6.07, 6.45) is 0. The smallest absolute Gasteiger partial charge is 0.341 e. The number of methoxy groups -OCH3 is 1. The van der Waals surface area contributed by atoms with Gasteiger partial charge in [-0.15, -0.1) is 11.3 Å². The molecule has 2 heterocycles. The van der Waals surface area contributed by atoms with E-state index in [4.69, 9.17) is 9.47 Å². The third kappa shape index (κ3) is 4.55. The van der Waals surface area contributed by atoms with Crippen LogP contribution >= 0.6 is 11.3 Å². The number of esters is 1. The van der Waals surface area contributed by atoms with E-state index in [1.54, 1.807) is 0 Å². The maximum absolute atomic E-state index is 12.4. The Bertz CT molecular complexity index is 841. The highest BCUT2D eigenvalue weighted by molar-refractivity contribution is 7.15. The third-order valence-corrected chi connectivity index (χ3v) is 5.62. The lowest BCUT2D eigenvalue weighted by Crippen LogP contribution is -2.41. The van der Waals surface area contributed by atoms with Crippen molar-refractivity contribution in [1.29, 1.82) is 0 Å². The van der Waals surface area contributed by atoms with Crippen LogP contribution in [0.4, 0.5) is 5.00 Å². The summed E-state index contributed by atoms with van der Waals surface area (Å²) in [4.78, 5) is 26.9. The Hall–Kier alpha value is -2.22. The predicted octanol–water partition coefficient (Wildman–Crippen LogP) is 3.09. The lowest BCUT2D eigenvalue weighted by molar-refractivity contribution is -0.118. The highest BCUT2D eigenvalue weighted by Gasteiger charge is 2.23. The van der Waals surface area contributed by atoms with Crippen molar-refractivity contribution in [2.75, 3.05) is 45.3 Å². The molecule has 3 rings (SSSR count). The quantitative estimate of drug-likeness (QED) is 0.798. The molecule has 7 heteroatoms. The van der Waals surface area contributed by atoms with Gasteiger partial charge in [-0.05, 0) is 30.5 Å². The van der Waals surface area contributed by atoms with Crippen LogP contribution in [0.3, 0.4) is 0 Å². The standard InChI is InChI=1S/C20H24N2O4S/c1-13-4-5-15(10-14(13)2)16-12-27-19(18(16)20(24)25-3)21-17(23)11-22-6-8-26-9-7-22/h4-5,10,12H,6-9,11H2,1-3H3,(H,21,23). The summed E-state index contributed by atoms with van der Waals surface area (Å²) in [6, 6.07) is 6.05. The van der Waals surface area contributed by atoms with Gasteiger partial charge in [-0.2, -0.15) is 0 Å². The molecule has 1 aromatic heterocycles. The first-order valence-electron chi connectivity index (χ1n) is 8.87. The summed E-state index contributed by atoms with van der Waals surface area (Å²) in [7, 11) is 1.35. The van der Waals surface area contributed by atoms with Crippen molar-refractivity contribution in [2.24, 2.45) is 0 Å². The number of benzene rings is 1. The maximum atomic E-state index is 12.4. The predicted molar refractivity (Wildman–Crippen MR) is 106 cm³/mol. The Balaban J connectivity index is 1.84. The van der Waals surface area contributed by atoms with E-state index >= 15 is 0 Å². The van der Waals surface area contributed by atoms with Crippen molar-refractivity contribution >= 4 is 28.2 Å². The molecule has 1 aliphatic heterocycles.